The van der Waals surface area contributed by atoms with Crippen molar-refractivity contribution in [2.45, 2.75) is 32.9 Å². The van der Waals surface area contributed by atoms with Gasteiger partial charge in [-0.15, -0.1) is 0 Å². The van der Waals surface area contributed by atoms with Gasteiger partial charge in [0.25, 0.3) is 0 Å². The van der Waals surface area contributed by atoms with Gasteiger partial charge in [-0.05, 0) is 31.9 Å². The third-order valence-electron chi connectivity index (χ3n) is 4.23. The highest BCUT2D eigenvalue weighted by Crippen LogP contribution is 2.20. The molecule has 1 heterocycles. The van der Waals surface area contributed by atoms with Crippen LogP contribution in [0, 0.1) is 6.92 Å². The van der Waals surface area contributed by atoms with E-state index in [0.29, 0.717) is 13.1 Å². The Morgan fingerprint density at radius 3 is 2.62 bits per heavy atom. The van der Waals surface area contributed by atoms with E-state index in [2.05, 4.69) is 48.6 Å². The van der Waals surface area contributed by atoms with Gasteiger partial charge >= 0.3 is 0 Å². The SMILES string of the molecule is Cc1cccc(Cn2nc(CNCCCCO)c(-c3ccccc3)n2)c1. The standard InChI is InChI=1S/C21H26N4O/c1-17-8-7-9-18(14-17)16-25-23-20(15-22-12-5-6-13-26)21(24-25)19-10-3-2-4-11-19/h2-4,7-11,14,22,26H,5-6,12-13,15-16H2,1H3. The normalized spacial score (nSPS) is 11.0. The molecule has 0 saturated carbocycles. The van der Waals surface area contributed by atoms with Gasteiger partial charge in [0.2, 0.25) is 0 Å². The van der Waals surface area contributed by atoms with E-state index >= 15 is 0 Å². The third-order valence-corrected chi connectivity index (χ3v) is 4.23. The molecule has 2 N–H and O–H groups in total. The van der Waals surface area contributed by atoms with E-state index < -0.39 is 0 Å². The number of unbranched alkanes of at least 4 members (excludes halogenated alkanes) is 1. The maximum absolute atomic E-state index is 8.88. The lowest BCUT2D eigenvalue weighted by Gasteiger charge is -2.03. The zero-order valence-electron chi connectivity index (χ0n) is 15.2. The molecule has 0 amide bonds. The molecule has 3 aromatic rings. The van der Waals surface area contributed by atoms with Crippen LogP contribution in [0.25, 0.3) is 11.3 Å². The van der Waals surface area contributed by atoms with Gasteiger partial charge in [0.15, 0.2) is 0 Å². The summed E-state index contributed by atoms with van der Waals surface area (Å²) in [6.07, 6.45) is 1.77. The number of aliphatic hydroxyl groups excluding tert-OH is 1. The number of aromatic nitrogens is 3. The Morgan fingerprint density at radius 2 is 1.85 bits per heavy atom. The van der Waals surface area contributed by atoms with Crippen molar-refractivity contribution in [1.82, 2.24) is 20.3 Å². The van der Waals surface area contributed by atoms with Crippen LogP contribution in [0.5, 0.6) is 0 Å². The number of aryl methyl sites for hydroxylation is 1. The summed E-state index contributed by atoms with van der Waals surface area (Å²) in [4.78, 5) is 1.78. The van der Waals surface area contributed by atoms with Gasteiger partial charge in [-0.25, -0.2) is 0 Å². The average Bonchev–Trinajstić information content (AvgIpc) is 3.05. The number of benzene rings is 2. The fourth-order valence-electron chi connectivity index (χ4n) is 2.93. The van der Waals surface area contributed by atoms with Gasteiger partial charge in [-0.3, -0.25) is 0 Å². The Kier molecular flexibility index (Phi) is 6.52. The van der Waals surface area contributed by atoms with E-state index in [9.17, 15) is 0 Å². The maximum Gasteiger partial charge on any atom is 0.117 e. The van der Waals surface area contributed by atoms with E-state index in [1.807, 2.05) is 18.2 Å². The first kappa shape index (κ1) is 18.3. The van der Waals surface area contributed by atoms with Crippen LogP contribution < -0.4 is 5.32 Å². The molecule has 0 unspecified atom stereocenters. The summed E-state index contributed by atoms with van der Waals surface area (Å²) in [6, 6.07) is 18.6. The van der Waals surface area contributed by atoms with Gasteiger partial charge in [-0.1, -0.05) is 60.2 Å². The van der Waals surface area contributed by atoms with Crippen molar-refractivity contribution in [3.05, 3.63) is 71.4 Å². The molecule has 5 heteroatoms. The monoisotopic (exact) mass is 350 g/mol. The highest BCUT2D eigenvalue weighted by Gasteiger charge is 2.13. The lowest BCUT2D eigenvalue weighted by molar-refractivity contribution is 0.283. The first-order chi connectivity index (χ1) is 12.8. The van der Waals surface area contributed by atoms with Crippen molar-refractivity contribution in [1.29, 1.82) is 0 Å². The lowest BCUT2D eigenvalue weighted by atomic mass is 10.1. The van der Waals surface area contributed by atoms with Crippen molar-refractivity contribution in [2.75, 3.05) is 13.2 Å². The smallest absolute Gasteiger partial charge is 0.117 e. The molecular formula is C21H26N4O. The summed E-state index contributed by atoms with van der Waals surface area (Å²) >= 11 is 0. The van der Waals surface area contributed by atoms with E-state index in [1.54, 1.807) is 4.80 Å². The summed E-state index contributed by atoms with van der Waals surface area (Å²) in [6.45, 7) is 4.52. The Hall–Kier alpha value is -2.50. The maximum atomic E-state index is 8.88. The fourth-order valence-corrected chi connectivity index (χ4v) is 2.93. The first-order valence-electron chi connectivity index (χ1n) is 9.13. The van der Waals surface area contributed by atoms with Crippen molar-refractivity contribution < 1.29 is 5.11 Å². The molecule has 5 nitrogen and oxygen atoms in total. The predicted molar refractivity (Wildman–Crippen MR) is 104 cm³/mol. The number of nitrogens with one attached hydrogen (secondary N) is 1. The van der Waals surface area contributed by atoms with Gasteiger partial charge in [0.05, 0.1) is 6.54 Å². The molecule has 0 aliphatic carbocycles. The molecule has 26 heavy (non-hydrogen) atoms. The van der Waals surface area contributed by atoms with E-state index in [1.165, 1.54) is 11.1 Å². The zero-order chi connectivity index (χ0) is 18.2. The molecule has 2 aromatic carbocycles. The Labute approximate surface area is 154 Å². The fraction of sp³-hybridized carbons (Fsp3) is 0.333. The third kappa shape index (κ3) is 5.00. The van der Waals surface area contributed by atoms with Crippen molar-refractivity contribution in [3.8, 4) is 11.3 Å². The summed E-state index contributed by atoms with van der Waals surface area (Å²) in [5.41, 5.74) is 5.39. The molecule has 0 aliphatic heterocycles. The molecular weight excluding hydrogens is 324 g/mol. The van der Waals surface area contributed by atoms with Crippen LogP contribution in [0.3, 0.4) is 0 Å². The summed E-state index contributed by atoms with van der Waals surface area (Å²) < 4.78 is 0. The van der Waals surface area contributed by atoms with Crippen molar-refractivity contribution >= 4 is 0 Å². The number of hydrogen-bond donors (Lipinski definition) is 2. The molecule has 0 spiro atoms. The average molecular weight is 350 g/mol. The molecule has 0 saturated heterocycles. The summed E-state index contributed by atoms with van der Waals surface area (Å²) in [5, 5.41) is 21.8. The predicted octanol–water partition coefficient (Wildman–Crippen LogP) is 3.16. The largest absolute Gasteiger partial charge is 0.396 e. The van der Waals surface area contributed by atoms with Crippen LogP contribution in [0.2, 0.25) is 0 Å². The zero-order valence-corrected chi connectivity index (χ0v) is 15.2. The van der Waals surface area contributed by atoms with E-state index in [-0.39, 0.29) is 6.61 Å². The van der Waals surface area contributed by atoms with Gasteiger partial charge in [0.1, 0.15) is 11.4 Å². The summed E-state index contributed by atoms with van der Waals surface area (Å²) in [5.74, 6) is 0. The minimum atomic E-state index is 0.240. The topological polar surface area (TPSA) is 63.0 Å². The van der Waals surface area contributed by atoms with Crippen LogP contribution in [0.15, 0.2) is 54.6 Å². The molecule has 0 fully saturated rings. The molecule has 3 rings (SSSR count). The molecule has 0 aliphatic rings. The minimum Gasteiger partial charge on any atom is -0.396 e. The van der Waals surface area contributed by atoms with Crippen molar-refractivity contribution in [3.63, 3.8) is 0 Å². The number of nitrogens with zero attached hydrogens (tertiary/aromatic N) is 3. The number of aliphatic hydroxyl groups is 1. The number of rotatable bonds is 9. The quantitative estimate of drug-likeness (QED) is 0.582. The highest BCUT2D eigenvalue weighted by atomic mass is 16.2. The summed E-state index contributed by atoms with van der Waals surface area (Å²) in [7, 11) is 0. The Bertz CT molecular complexity index is 814. The second kappa shape index (κ2) is 9.27. The second-order valence-corrected chi connectivity index (χ2v) is 6.49. The molecule has 0 bridgehead atoms. The highest BCUT2D eigenvalue weighted by molar-refractivity contribution is 5.60. The van der Waals surface area contributed by atoms with Gasteiger partial charge in [-0.2, -0.15) is 15.0 Å². The van der Waals surface area contributed by atoms with Crippen LogP contribution in [0.1, 0.15) is 29.7 Å². The van der Waals surface area contributed by atoms with E-state index in [0.717, 1.165) is 36.3 Å². The van der Waals surface area contributed by atoms with Crippen LogP contribution >= 0.6 is 0 Å². The second-order valence-electron chi connectivity index (χ2n) is 6.49. The van der Waals surface area contributed by atoms with Crippen molar-refractivity contribution in [2.24, 2.45) is 0 Å². The van der Waals surface area contributed by atoms with E-state index in [4.69, 9.17) is 15.3 Å². The minimum absolute atomic E-state index is 0.240. The number of hydrogen-bond acceptors (Lipinski definition) is 4. The molecule has 0 radical (unpaired) electrons. The molecule has 0 atom stereocenters. The van der Waals surface area contributed by atoms with Crippen LogP contribution in [-0.2, 0) is 13.1 Å². The first-order valence-corrected chi connectivity index (χ1v) is 9.13. The van der Waals surface area contributed by atoms with Gasteiger partial charge in [0, 0.05) is 18.7 Å². The van der Waals surface area contributed by atoms with Crippen LogP contribution in [0.4, 0.5) is 0 Å². The molecule has 136 valence electrons. The van der Waals surface area contributed by atoms with Gasteiger partial charge < -0.3 is 10.4 Å². The van der Waals surface area contributed by atoms with Crippen LogP contribution in [-0.4, -0.2) is 33.3 Å². The molecule has 1 aromatic heterocycles. The Balaban J connectivity index is 1.78. The Morgan fingerprint density at radius 1 is 1.00 bits per heavy atom. The lowest BCUT2D eigenvalue weighted by Crippen LogP contribution is -2.16.